The molecule has 0 aromatic heterocycles. The highest BCUT2D eigenvalue weighted by Gasteiger charge is 2.34. The molecule has 1 rings (SSSR count). The molecule has 0 spiro atoms. The molecule has 1 aliphatic rings. The Hall–Kier alpha value is -1.25. The second-order valence-corrected chi connectivity index (χ2v) is 6.51. The number of nitrogens with one attached hydrogen (secondary N) is 1. The number of carbonyl (C=O) groups is 2. The molecule has 2 atom stereocenters. The van der Waals surface area contributed by atoms with Gasteiger partial charge in [0, 0.05) is 5.75 Å². The van der Waals surface area contributed by atoms with E-state index in [9.17, 15) is 9.59 Å². The van der Waals surface area contributed by atoms with Crippen molar-refractivity contribution in [3.05, 3.63) is 11.3 Å². The normalized spacial score (nSPS) is 21.1. The number of hydrogen-bond donors (Lipinski definition) is 4. The zero-order valence-corrected chi connectivity index (χ0v) is 12.5. The van der Waals surface area contributed by atoms with Crippen LogP contribution in [-0.2, 0) is 14.3 Å². The molecule has 2 unspecified atom stereocenters. The minimum absolute atomic E-state index is 0.102. The molecule has 5 N–H and O–H groups in total. The summed E-state index contributed by atoms with van der Waals surface area (Å²) in [7, 11) is 0. The van der Waals surface area contributed by atoms with E-state index in [0.29, 0.717) is 11.3 Å². The van der Waals surface area contributed by atoms with Crippen LogP contribution < -0.4 is 11.1 Å². The summed E-state index contributed by atoms with van der Waals surface area (Å²) in [6.45, 7) is 4.83. The van der Waals surface area contributed by atoms with Gasteiger partial charge in [0.2, 0.25) is 0 Å². The van der Waals surface area contributed by atoms with E-state index in [0.717, 1.165) is 0 Å². The van der Waals surface area contributed by atoms with Crippen molar-refractivity contribution in [2.75, 3.05) is 12.4 Å². The van der Waals surface area contributed by atoms with Gasteiger partial charge in [-0.25, -0.2) is 4.79 Å². The minimum atomic E-state index is -1.18. The number of thioether (sulfide) groups is 1. The number of aliphatic hydroxyl groups excluding tert-OH is 1. The van der Waals surface area contributed by atoms with Gasteiger partial charge in [0.05, 0.1) is 12.0 Å². The fourth-order valence-corrected chi connectivity index (χ4v) is 2.71. The molecule has 1 aliphatic heterocycles. The molecule has 0 bridgehead atoms. The topological polar surface area (TPSA) is 122 Å². The maximum Gasteiger partial charge on any atom is 0.352 e. The minimum Gasteiger partial charge on any atom is -0.477 e. The van der Waals surface area contributed by atoms with Gasteiger partial charge in [-0.1, -0.05) is 0 Å². The molecule has 0 saturated carbocycles. The molecule has 20 heavy (non-hydrogen) atoms. The number of hydrogen-bond acceptors (Lipinski definition) is 7. The Kier molecular flexibility index (Phi) is 5.43. The van der Waals surface area contributed by atoms with Crippen molar-refractivity contribution in [3.8, 4) is 0 Å². The second kappa shape index (κ2) is 6.47. The van der Waals surface area contributed by atoms with Crippen LogP contribution in [0.3, 0.4) is 0 Å². The lowest BCUT2D eigenvalue weighted by Crippen LogP contribution is -2.52. The van der Waals surface area contributed by atoms with Crippen molar-refractivity contribution < 1.29 is 24.5 Å². The Morgan fingerprint density at radius 2 is 2.15 bits per heavy atom. The molecule has 0 aliphatic carbocycles. The summed E-state index contributed by atoms with van der Waals surface area (Å²) in [5.74, 6) is -1.48. The van der Waals surface area contributed by atoms with Gasteiger partial charge < -0.3 is 26.0 Å². The van der Waals surface area contributed by atoms with Crippen molar-refractivity contribution in [3.63, 3.8) is 0 Å². The number of aliphatic hydroxyl groups is 1. The van der Waals surface area contributed by atoms with Gasteiger partial charge >= 0.3 is 11.9 Å². The first kappa shape index (κ1) is 16.8. The second-order valence-electron chi connectivity index (χ2n) is 5.38. The maximum absolute atomic E-state index is 11.9. The summed E-state index contributed by atoms with van der Waals surface area (Å²) in [6.07, 6.45) is 0. The summed E-state index contributed by atoms with van der Waals surface area (Å²) in [6, 6.07) is -0.992. The van der Waals surface area contributed by atoms with Crippen LogP contribution in [0.1, 0.15) is 20.8 Å². The molecule has 8 heteroatoms. The van der Waals surface area contributed by atoms with E-state index >= 15 is 0 Å². The van der Waals surface area contributed by atoms with E-state index in [1.807, 2.05) is 0 Å². The summed E-state index contributed by atoms with van der Waals surface area (Å²) >= 11 is 1.26. The van der Waals surface area contributed by atoms with E-state index < -0.39 is 29.0 Å². The van der Waals surface area contributed by atoms with Gasteiger partial charge in [0.25, 0.3) is 0 Å². The van der Waals surface area contributed by atoms with Gasteiger partial charge in [-0.15, -0.1) is 11.8 Å². The van der Waals surface area contributed by atoms with Gasteiger partial charge in [0.1, 0.15) is 17.3 Å². The molecule has 0 amide bonds. The number of ether oxygens (including phenoxy) is 1. The predicted octanol–water partition coefficient (Wildman–Crippen LogP) is -0.351. The van der Waals surface area contributed by atoms with Crippen LogP contribution in [0.4, 0.5) is 0 Å². The predicted molar refractivity (Wildman–Crippen MR) is 74.9 cm³/mol. The third-order valence-electron chi connectivity index (χ3n) is 2.49. The van der Waals surface area contributed by atoms with E-state index in [4.69, 9.17) is 20.7 Å². The molecule has 0 aromatic rings. The summed E-state index contributed by atoms with van der Waals surface area (Å²) in [4.78, 5) is 23.0. The largest absolute Gasteiger partial charge is 0.477 e. The smallest absolute Gasteiger partial charge is 0.352 e. The van der Waals surface area contributed by atoms with Crippen molar-refractivity contribution >= 4 is 23.7 Å². The number of aliphatic carboxylic acids is 1. The molecular weight excluding hydrogens is 284 g/mol. The first-order valence-corrected chi connectivity index (χ1v) is 7.13. The molecule has 0 aromatic carbocycles. The zero-order chi connectivity index (χ0) is 15.5. The molecular formula is C12H20N2O5S. The van der Waals surface area contributed by atoms with Crippen LogP contribution in [0, 0.1) is 0 Å². The Bertz CT molecular complexity index is 430. The van der Waals surface area contributed by atoms with Gasteiger partial charge in [0.15, 0.2) is 0 Å². The highest BCUT2D eigenvalue weighted by molar-refractivity contribution is 8.00. The third-order valence-corrected chi connectivity index (χ3v) is 3.77. The van der Waals surface area contributed by atoms with E-state index in [-0.39, 0.29) is 12.3 Å². The highest BCUT2D eigenvalue weighted by Crippen LogP contribution is 2.24. The summed E-state index contributed by atoms with van der Waals surface area (Å²) in [5, 5.41) is 20.2. The Morgan fingerprint density at radius 1 is 1.55 bits per heavy atom. The van der Waals surface area contributed by atoms with Crippen molar-refractivity contribution in [2.24, 2.45) is 5.73 Å². The maximum atomic E-state index is 11.9. The molecule has 1 heterocycles. The fraction of sp³-hybridized carbons (Fsp3) is 0.667. The molecule has 0 fully saturated rings. The van der Waals surface area contributed by atoms with E-state index in [1.165, 1.54) is 11.8 Å². The van der Waals surface area contributed by atoms with Crippen molar-refractivity contribution in [1.82, 2.24) is 5.32 Å². The van der Waals surface area contributed by atoms with E-state index in [2.05, 4.69) is 5.32 Å². The highest BCUT2D eigenvalue weighted by atomic mass is 32.2. The number of carbonyl (C=O) groups excluding carboxylic acids is 1. The van der Waals surface area contributed by atoms with Crippen LogP contribution >= 0.6 is 11.8 Å². The molecule has 0 saturated heterocycles. The van der Waals surface area contributed by atoms with E-state index in [1.54, 1.807) is 20.8 Å². The first-order chi connectivity index (χ1) is 9.15. The van der Waals surface area contributed by atoms with Gasteiger partial charge in [-0.3, -0.25) is 4.79 Å². The Balaban J connectivity index is 2.78. The average molecular weight is 304 g/mol. The lowest BCUT2D eigenvalue weighted by Gasteiger charge is -2.31. The first-order valence-electron chi connectivity index (χ1n) is 6.08. The van der Waals surface area contributed by atoms with Crippen LogP contribution in [0.5, 0.6) is 0 Å². The Labute approximate surface area is 121 Å². The fourth-order valence-electron chi connectivity index (χ4n) is 1.57. The number of nitrogens with two attached hydrogens (primary N) is 1. The molecule has 7 nitrogen and oxygen atoms in total. The number of carboxylic acids is 1. The van der Waals surface area contributed by atoms with Crippen LogP contribution in [0.15, 0.2) is 11.3 Å². The number of carboxylic acid groups (broad SMARTS) is 1. The SMILES string of the molecule is CC(C)(C)OC(=O)C(N)C1NC(C(=O)O)=C(CO)CS1. The molecule has 0 radical (unpaired) electrons. The van der Waals surface area contributed by atoms with Crippen molar-refractivity contribution in [2.45, 2.75) is 37.8 Å². The quantitative estimate of drug-likeness (QED) is 0.520. The lowest BCUT2D eigenvalue weighted by molar-refractivity contribution is -0.156. The van der Waals surface area contributed by atoms with Gasteiger partial charge in [-0.05, 0) is 26.3 Å². The summed E-state index contributed by atoms with van der Waals surface area (Å²) < 4.78 is 5.17. The Morgan fingerprint density at radius 3 is 2.60 bits per heavy atom. The third kappa shape index (κ3) is 4.39. The van der Waals surface area contributed by atoms with Gasteiger partial charge in [-0.2, -0.15) is 0 Å². The molecule has 114 valence electrons. The van der Waals surface area contributed by atoms with Crippen LogP contribution in [-0.4, -0.2) is 51.5 Å². The zero-order valence-electron chi connectivity index (χ0n) is 11.7. The number of esters is 1. The monoisotopic (exact) mass is 304 g/mol. The lowest BCUT2D eigenvalue weighted by atomic mass is 10.2. The van der Waals surface area contributed by atoms with Crippen molar-refractivity contribution in [1.29, 1.82) is 0 Å². The summed E-state index contributed by atoms with van der Waals surface area (Å²) in [5.41, 5.74) is 5.42. The number of rotatable bonds is 4. The van der Waals surface area contributed by atoms with Crippen LogP contribution in [0.25, 0.3) is 0 Å². The standard InChI is InChI=1S/C12H20N2O5S/c1-12(2,3)19-11(18)7(13)9-14-8(10(16)17)6(4-15)5-20-9/h7,9,14-15H,4-5,13H2,1-3H3,(H,16,17). The van der Waals surface area contributed by atoms with Crippen LogP contribution in [0.2, 0.25) is 0 Å². The average Bonchev–Trinajstić information content (AvgIpc) is 2.34.